The van der Waals surface area contributed by atoms with Crippen LogP contribution in [0.15, 0.2) is 47.6 Å². The van der Waals surface area contributed by atoms with Crippen molar-refractivity contribution in [2.24, 2.45) is 0 Å². The minimum Gasteiger partial charge on any atom is -0.110 e. The lowest BCUT2D eigenvalue weighted by atomic mass is 9.90. The van der Waals surface area contributed by atoms with Gasteiger partial charge in [-0.3, -0.25) is 0 Å². The fourth-order valence-corrected chi connectivity index (χ4v) is 2.08. The lowest BCUT2D eigenvalue weighted by molar-refractivity contribution is 0.810. The predicted octanol–water partition coefficient (Wildman–Crippen LogP) is 3.76. The molecule has 0 heterocycles. The average molecular weight is 193 g/mol. The molecule has 0 aromatic rings. The van der Waals surface area contributed by atoms with Crippen molar-refractivity contribution in [3.8, 4) is 0 Å². The van der Waals surface area contributed by atoms with Crippen molar-refractivity contribution in [3.05, 3.63) is 47.6 Å². The van der Waals surface area contributed by atoms with Crippen LogP contribution in [0.4, 0.5) is 0 Å². The molecule has 0 atom stereocenters. The molecule has 0 aliphatic heterocycles. The van der Waals surface area contributed by atoms with Crippen molar-refractivity contribution in [2.45, 2.75) is 24.6 Å². The van der Waals surface area contributed by atoms with Crippen molar-refractivity contribution >= 4 is 11.6 Å². The first-order chi connectivity index (χ1) is 6.21. The molecular formula is C12H13Cl. The fourth-order valence-electron chi connectivity index (χ4n) is 1.80. The van der Waals surface area contributed by atoms with E-state index in [0.29, 0.717) is 0 Å². The summed E-state index contributed by atoms with van der Waals surface area (Å²) in [5.41, 5.74) is 2.62. The molecule has 0 spiro atoms. The van der Waals surface area contributed by atoms with Gasteiger partial charge in [-0.25, -0.2) is 0 Å². The van der Waals surface area contributed by atoms with Crippen LogP contribution in [0.1, 0.15) is 19.8 Å². The lowest BCUT2D eigenvalue weighted by Crippen LogP contribution is -2.21. The van der Waals surface area contributed by atoms with E-state index in [1.807, 2.05) is 0 Å². The highest BCUT2D eigenvalue weighted by Gasteiger charge is 2.30. The van der Waals surface area contributed by atoms with Crippen LogP contribution in [-0.2, 0) is 0 Å². The van der Waals surface area contributed by atoms with Crippen LogP contribution < -0.4 is 0 Å². The maximum absolute atomic E-state index is 6.53. The second-order valence-corrected chi connectivity index (χ2v) is 4.41. The third-order valence-electron chi connectivity index (χ3n) is 2.75. The molecule has 2 aliphatic rings. The van der Waals surface area contributed by atoms with E-state index < -0.39 is 0 Å². The summed E-state index contributed by atoms with van der Waals surface area (Å²) in [7, 11) is 0. The van der Waals surface area contributed by atoms with E-state index in [4.69, 9.17) is 11.6 Å². The summed E-state index contributed by atoms with van der Waals surface area (Å²) in [6.45, 7) is 2.09. The quantitative estimate of drug-likeness (QED) is 0.585. The summed E-state index contributed by atoms with van der Waals surface area (Å²) < 4.78 is 0. The monoisotopic (exact) mass is 192 g/mol. The Hall–Kier alpha value is -0.750. The highest BCUT2D eigenvalue weighted by molar-refractivity contribution is 6.27. The van der Waals surface area contributed by atoms with Crippen LogP contribution in [-0.4, -0.2) is 4.87 Å². The molecule has 68 valence electrons. The zero-order valence-corrected chi connectivity index (χ0v) is 8.51. The number of hydrogen-bond donors (Lipinski definition) is 0. The Morgan fingerprint density at radius 3 is 1.85 bits per heavy atom. The lowest BCUT2D eigenvalue weighted by Gasteiger charge is -2.25. The minimum absolute atomic E-state index is 0.271. The first-order valence-electron chi connectivity index (χ1n) is 4.62. The van der Waals surface area contributed by atoms with Crippen LogP contribution in [0.3, 0.4) is 0 Å². The zero-order chi connectivity index (χ0) is 9.31. The van der Waals surface area contributed by atoms with Gasteiger partial charge in [0.15, 0.2) is 0 Å². The molecule has 0 amide bonds. The average Bonchev–Trinajstić information content (AvgIpc) is 2.78. The zero-order valence-electron chi connectivity index (χ0n) is 7.76. The molecule has 1 heteroatoms. The van der Waals surface area contributed by atoms with Crippen LogP contribution in [0.25, 0.3) is 0 Å². The Bertz CT molecular complexity index is 295. The SMILES string of the molecule is CC(Cl)(C1=CC=CC1)C1=CC=CC1. The number of hydrogen-bond acceptors (Lipinski definition) is 0. The molecule has 13 heavy (non-hydrogen) atoms. The normalized spacial score (nSPS) is 20.8. The number of rotatable bonds is 2. The summed E-state index contributed by atoms with van der Waals surface area (Å²) in [4.78, 5) is -0.271. The van der Waals surface area contributed by atoms with E-state index in [-0.39, 0.29) is 4.87 Å². The van der Waals surface area contributed by atoms with Crippen molar-refractivity contribution in [3.63, 3.8) is 0 Å². The van der Waals surface area contributed by atoms with Gasteiger partial charge in [0.05, 0.1) is 4.87 Å². The van der Waals surface area contributed by atoms with Crippen LogP contribution in [0.2, 0.25) is 0 Å². The van der Waals surface area contributed by atoms with E-state index in [0.717, 1.165) is 12.8 Å². The molecule has 0 aromatic carbocycles. The summed E-state index contributed by atoms with van der Waals surface area (Å²) in [5.74, 6) is 0. The van der Waals surface area contributed by atoms with Gasteiger partial charge in [0.1, 0.15) is 0 Å². The summed E-state index contributed by atoms with van der Waals surface area (Å²) in [5, 5.41) is 0. The largest absolute Gasteiger partial charge is 0.110 e. The highest BCUT2D eigenvalue weighted by atomic mass is 35.5. The first-order valence-corrected chi connectivity index (χ1v) is 5.00. The Kier molecular flexibility index (Phi) is 2.17. The predicted molar refractivity (Wildman–Crippen MR) is 57.9 cm³/mol. The third kappa shape index (κ3) is 1.51. The molecule has 0 radical (unpaired) electrons. The van der Waals surface area contributed by atoms with Gasteiger partial charge >= 0.3 is 0 Å². The second kappa shape index (κ2) is 3.19. The molecule has 0 fully saturated rings. The van der Waals surface area contributed by atoms with E-state index in [1.54, 1.807) is 0 Å². The maximum atomic E-state index is 6.53. The number of alkyl halides is 1. The Morgan fingerprint density at radius 2 is 1.54 bits per heavy atom. The highest BCUT2D eigenvalue weighted by Crippen LogP contribution is 2.39. The van der Waals surface area contributed by atoms with Gasteiger partial charge in [-0.2, -0.15) is 0 Å². The van der Waals surface area contributed by atoms with Gasteiger partial charge in [-0.05, 0) is 30.9 Å². The maximum Gasteiger partial charge on any atom is 0.0848 e. The number of halogens is 1. The number of allylic oxidation sites excluding steroid dienone is 8. The van der Waals surface area contributed by atoms with E-state index in [2.05, 4.69) is 43.4 Å². The van der Waals surface area contributed by atoms with E-state index in [1.165, 1.54) is 11.1 Å². The van der Waals surface area contributed by atoms with Gasteiger partial charge in [-0.15, -0.1) is 11.6 Å². The van der Waals surface area contributed by atoms with Crippen molar-refractivity contribution in [1.29, 1.82) is 0 Å². The summed E-state index contributed by atoms with van der Waals surface area (Å²) in [6, 6.07) is 0. The summed E-state index contributed by atoms with van der Waals surface area (Å²) in [6.07, 6.45) is 14.7. The Balaban J connectivity index is 2.20. The summed E-state index contributed by atoms with van der Waals surface area (Å²) >= 11 is 6.53. The van der Waals surface area contributed by atoms with E-state index in [9.17, 15) is 0 Å². The van der Waals surface area contributed by atoms with Crippen LogP contribution in [0.5, 0.6) is 0 Å². The van der Waals surface area contributed by atoms with Gasteiger partial charge in [0.2, 0.25) is 0 Å². The first kappa shape index (κ1) is 8.83. The van der Waals surface area contributed by atoms with Crippen molar-refractivity contribution in [1.82, 2.24) is 0 Å². The third-order valence-corrected chi connectivity index (χ3v) is 3.23. The van der Waals surface area contributed by atoms with Gasteiger partial charge in [0.25, 0.3) is 0 Å². The van der Waals surface area contributed by atoms with Crippen LogP contribution >= 0.6 is 11.6 Å². The van der Waals surface area contributed by atoms with Gasteiger partial charge in [-0.1, -0.05) is 36.5 Å². The standard InChI is InChI=1S/C12H13Cl/c1-12(13,10-6-2-3-7-10)11-8-4-5-9-11/h2-6,8H,7,9H2,1H3. The van der Waals surface area contributed by atoms with E-state index >= 15 is 0 Å². The smallest absolute Gasteiger partial charge is 0.0848 e. The topological polar surface area (TPSA) is 0 Å². The molecular weight excluding hydrogens is 180 g/mol. The van der Waals surface area contributed by atoms with Crippen molar-refractivity contribution < 1.29 is 0 Å². The molecule has 2 rings (SSSR count). The van der Waals surface area contributed by atoms with Gasteiger partial charge in [0, 0.05) is 0 Å². The second-order valence-electron chi connectivity index (χ2n) is 3.65. The molecule has 0 N–H and O–H groups in total. The molecule has 0 unspecified atom stereocenters. The Morgan fingerprint density at radius 1 is 1.08 bits per heavy atom. The Labute approximate surface area is 84.3 Å². The molecule has 0 saturated heterocycles. The molecule has 0 saturated carbocycles. The molecule has 0 bridgehead atoms. The fraction of sp³-hybridized carbons (Fsp3) is 0.333. The van der Waals surface area contributed by atoms with Gasteiger partial charge < -0.3 is 0 Å². The molecule has 0 nitrogen and oxygen atoms in total. The minimum atomic E-state index is -0.271. The molecule has 0 aromatic heterocycles. The van der Waals surface area contributed by atoms with Crippen LogP contribution in [0, 0.1) is 0 Å². The molecule has 2 aliphatic carbocycles. The van der Waals surface area contributed by atoms with Crippen molar-refractivity contribution in [2.75, 3.05) is 0 Å².